The molecule has 6 nitrogen and oxygen atoms in total. The van der Waals surface area contributed by atoms with E-state index in [-0.39, 0.29) is 29.1 Å². The van der Waals surface area contributed by atoms with Gasteiger partial charge in [-0.05, 0) is 72.2 Å². The number of hydrogen-bond acceptors (Lipinski definition) is 6. The molecule has 0 spiro atoms. The Morgan fingerprint density at radius 2 is 1.58 bits per heavy atom. The van der Waals surface area contributed by atoms with Crippen LogP contribution in [-0.2, 0) is 28.5 Å². The van der Waals surface area contributed by atoms with Crippen molar-refractivity contribution in [2.45, 2.75) is 78.4 Å². The molecule has 2 aliphatic rings. The summed E-state index contributed by atoms with van der Waals surface area (Å²) in [4.78, 5) is 24.9. The molecule has 180 valence electrons. The van der Waals surface area contributed by atoms with Crippen molar-refractivity contribution < 1.29 is 28.5 Å². The van der Waals surface area contributed by atoms with Gasteiger partial charge in [0.1, 0.15) is 0 Å². The van der Waals surface area contributed by atoms with Crippen LogP contribution in [0.1, 0.15) is 67.2 Å². The van der Waals surface area contributed by atoms with Gasteiger partial charge in [-0.1, -0.05) is 28.6 Å². The van der Waals surface area contributed by atoms with Crippen LogP contribution >= 0.6 is 15.9 Å². The van der Waals surface area contributed by atoms with E-state index in [1.165, 1.54) is 0 Å². The van der Waals surface area contributed by atoms with E-state index in [9.17, 15) is 9.59 Å². The third-order valence-electron chi connectivity index (χ3n) is 5.17. The van der Waals surface area contributed by atoms with Crippen molar-refractivity contribution in [1.82, 2.24) is 0 Å². The Morgan fingerprint density at radius 3 is 2.03 bits per heavy atom. The monoisotopic (exact) mass is 504 g/mol. The standard InChI is InChI=1S/C12H20O3.C10H18O3.C2H3Br/c1-5-12(10(13)14-6-2)7-8-15-11(3,4)9-12;1-4-12-9(11)8-5-6-13-10(2,3)7-8;1-2-3/h5H,1,6-9H2,2-4H3;8H,4-7H2,1-3H3;2H,1H2. The molecule has 0 bridgehead atoms. The second-order valence-electron chi connectivity index (χ2n) is 8.82. The van der Waals surface area contributed by atoms with E-state index in [1.54, 1.807) is 11.1 Å². The minimum Gasteiger partial charge on any atom is -0.466 e. The molecule has 0 radical (unpaired) electrons. The molecular weight excluding hydrogens is 464 g/mol. The Balaban J connectivity index is 0.000000519. The fourth-order valence-electron chi connectivity index (χ4n) is 3.81. The Bertz CT molecular complexity index is 587. The first kappa shape index (κ1) is 29.8. The van der Waals surface area contributed by atoms with Crippen molar-refractivity contribution in [3.8, 4) is 0 Å². The molecule has 31 heavy (non-hydrogen) atoms. The number of carbonyl (C=O) groups excluding carboxylic acids is 2. The molecule has 0 aromatic carbocycles. The number of hydrogen-bond donors (Lipinski definition) is 0. The highest BCUT2D eigenvalue weighted by Gasteiger charge is 2.45. The third kappa shape index (κ3) is 10.8. The summed E-state index contributed by atoms with van der Waals surface area (Å²) in [5.41, 5.74) is -1.01. The van der Waals surface area contributed by atoms with Gasteiger partial charge in [0.2, 0.25) is 0 Å². The zero-order valence-electron chi connectivity index (χ0n) is 20.1. The van der Waals surface area contributed by atoms with Crippen LogP contribution in [0.25, 0.3) is 0 Å². The van der Waals surface area contributed by atoms with Gasteiger partial charge in [0.15, 0.2) is 0 Å². The van der Waals surface area contributed by atoms with Crippen molar-refractivity contribution in [2.75, 3.05) is 26.4 Å². The average molecular weight is 505 g/mol. The second-order valence-corrected chi connectivity index (χ2v) is 9.47. The summed E-state index contributed by atoms with van der Waals surface area (Å²) < 4.78 is 21.2. The highest BCUT2D eigenvalue weighted by molar-refractivity contribution is 9.11. The zero-order valence-corrected chi connectivity index (χ0v) is 21.7. The summed E-state index contributed by atoms with van der Waals surface area (Å²) in [6.45, 7) is 20.8. The van der Waals surface area contributed by atoms with Gasteiger partial charge in [-0.2, -0.15) is 0 Å². The molecule has 0 aromatic rings. The summed E-state index contributed by atoms with van der Waals surface area (Å²) in [6.07, 6.45) is 4.59. The first-order valence-corrected chi connectivity index (χ1v) is 11.8. The molecule has 0 aliphatic carbocycles. The Hall–Kier alpha value is -1.18. The lowest BCUT2D eigenvalue weighted by Gasteiger charge is -2.41. The quantitative estimate of drug-likeness (QED) is 0.358. The van der Waals surface area contributed by atoms with E-state index in [4.69, 9.17) is 18.9 Å². The fraction of sp³-hybridized carbons (Fsp3) is 0.750. The van der Waals surface area contributed by atoms with Crippen LogP contribution in [0, 0.1) is 11.3 Å². The minimum absolute atomic E-state index is 0.0312. The smallest absolute Gasteiger partial charge is 0.316 e. The number of carbonyl (C=O) groups is 2. The molecule has 2 heterocycles. The fourth-order valence-corrected chi connectivity index (χ4v) is 3.81. The van der Waals surface area contributed by atoms with Crippen LogP contribution < -0.4 is 0 Å². The maximum absolute atomic E-state index is 11.9. The van der Waals surface area contributed by atoms with E-state index < -0.39 is 5.41 Å². The van der Waals surface area contributed by atoms with Gasteiger partial charge in [-0.3, -0.25) is 9.59 Å². The van der Waals surface area contributed by atoms with Gasteiger partial charge in [0, 0.05) is 13.2 Å². The van der Waals surface area contributed by atoms with Crippen molar-refractivity contribution in [2.24, 2.45) is 11.3 Å². The number of esters is 2. The van der Waals surface area contributed by atoms with E-state index >= 15 is 0 Å². The molecular formula is C24H41BrO6. The summed E-state index contributed by atoms with van der Waals surface area (Å²) in [5, 5.41) is 0. The largest absolute Gasteiger partial charge is 0.466 e. The number of rotatable bonds is 5. The second kappa shape index (κ2) is 14.1. The highest BCUT2D eigenvalue weighted by Crippen LogP contribution is 2.40. The van der Waals surface area contributed by atoms with Crippen molar-refractivity contribution >= 4 is 27.9 Å². The van der Waals surface area contributed by atoms with E-state index in [1.807, 2.05) is 41.5 Å². The lowest BCUT2D eigenvalue weighted by Crippen LogP contribution is -2.45. The number of ether oxygens (including phenoxy) is 4. The molecule has 2 aliphatic heterocycles. The Labute approximate surface area is 196 Å². The summed E-state index contributed by atoms with van der Waals surface area (Å²) in [5.74, 6) is -0.209. The Morgan fingerprint density at radius 1 is 1.03 bits per heavy atom. The lowest BCUT2D eigenvalue weighted by molar-refractivity contribution is -0.166. The minimum atomic E-state index is -0.558. The van der Waals surface area contributed by atoms with Crippen LogP contribution in [0.5, 0.6) is 0 Å². The van der Waals surface area contributed by atoms with Gasteiger partial charge >= 0.3 is 11.9 Å². The first-order chi connectivity index (χ1) is 14.4. The molecule has 2 rings (SSSR count). The Kier molecular flexibility index (Phi) is 13.5. The van der Waals surface area contributed by atoms with E-state index in [0.717, 1.165) is 12.8 Å². The highest BCUT2D eigenvalue weighted by atomic mass is 79.9. The predicted molar refractivity (Wildman–Crippen MR) is 127 cm³/mol. The van der Waals surface area contributed by atoms with Crippen molar-refractivity contribution in [1.29, 1.82) is 0 Å². The third-order valence-corrected chi connectivity index (χ3v) is 5.17. The van der Waals surface area contributed by atoms with Gasteiger partial charge in [-0.25, -0.2) is 0 Å². The molecule has 2 atom stereocenters. The predicted octanol–water partition coefficient (Wildman–Crippen LogP) is 5.59. The summed E-state index contributed by atoms with van der Waals surface area (Å²) >= 11 is 2.91. The first-order valence-electron chi connectivity index (χ1n) is 10.9. The lowest BCUT2D eigenvalue weighted by atomic mass is 9.74. The topological polar surface area (TPSA) is 71.1 Å². The van der Waals surface area contributed by atoms with Gasteiger partial charge < -0.3 is 18.9 Å². The van der Waals surface area contributed by atoms with Crippen LogP contribution in [0.2, 0.25) is 0 Å². The van der Waals surface area contributed by atoms with Crippen LogP contribution in [0.15, 0.2) is 24.2 Å². The van der Waals surface area contributed by atoms with Crippen molar-refractivity contribution in [3.05, 3.63) is 24.2 Å². The number of halogens is 1. The molecule has 0 aromatic heterocycles. The van der Waals surface area contributed by atoms with Crippen LogP contribution in [-0.4, -0.2) is 49.6 Å². The van der Waals surface area contributed by atoms with E-state index in [2.05, 4.69) is 29.1 Å². The molecule has 0 amide bonds. The molecule has 2 fully saturated rings. The average Bonchev–Trinajstić information content (AvgIpc) is 2.68. The zero-order chi connectivity index (χ0) is 24.1. The maximum Gasteiger partial charge on any atom is 0.316 e. The van der Waals surface area contributed by atoms with Gasteiger partial charge in [0.05, 0.1) is 35.7 Å². The SMILES string of the molecule is C=CBr.C=CC1(C(=O)OCC)CCOC(C)(C)C1.CCOC(=O)C1CCOC(C)(C)C1. The molecule has 7 heteroatoms. The van der Waals surface area contributed by atoms with Gasteiger partial charge in [-0.15, -0.1) is 6.58 Å². The molecule has 0 N–H and O–H groups in total. The van der Waals surface area contributed by atoms with Gasteiger partial charge in [0.25, 0.3) is 0 Å². The van der Waals surface area contributed by atoms with Crippen LogP contribution in [0.4, 0.5) is 0 Å². The summed E-state index contributed by atoms with van der Waals surface area (Å²) in [7, 11) is 0. The molecule has 0 saturated carbocycles. The molecule has 2 unspecified atom stereocenters. The summed E-state index contributed by atoms with van der Waals surface area (Å²) in [6, 6.07) is 0. The van der Waals surface area contributed by atoms with Crippen molar-refractivity contribution in [3.63, 3.8) is 0 Å². The van der Waals surface area contributed by atoms with E-state index in [0.29, 0.717) is 39.3 Å². The maximum atomic E-state index is 11.9. The van der Waals surface area contributed by atoms with Crippen LogP contribution in [0.3, 0.4) is 0 Å². The molecule has 2 saturated heterocycles. The normalized spacial score (nSPS) is 26.0.